The topological polar surface area (TPSA) is 90.5 Å². The lowest BCUT2D eigenvalue weighted by Gasteiger charge is -2.15. The van der Waals surface area contributed by atoms with Crippen LogP contribution >= 0.6 is 11.8 Å². The molecular formula is C22H23N7OS. The first kappa shape index (κ1) is 20.8. The zero-order valence-corrected chi connectivity index (χ0v) is 18.2. The van der Waals surface area contributed by atoms with Crippen molar-refractivity contribution in [2.45, 2.75) is 31.6 Å². The van der Waals surface area contributed by atoms with E-state index >= 15 is 0 Å². The van der Waals surface area contributed by atoms with Gasteiger partial charge in [0.2, 0.25) is 5.91 Å². The van der Waals surface area contributed by atoms with Gasteiger partial charge in [-0.25, -0.2) is 9.67 Å². The highest BCUT2D eigenvalue weighted by Crippen LogP contribution is 2.20. The minimum absolute atomic E-state index is 0.0511. The monoisotopic (exact) mass is 433 g/mol. The molecule has 0 aliphatic carbocycles. The van der Waals surface area contributed by atoms with E-state index in [1.165, 1.54) is 23.7 Å². The van der Waals surface area contributed by atoms with E-state index in [1.807, 2.05) is 60.9 Å². The smallest absolute Gasteiger partial charge is 0.230 e. The van der Waals surface area contributed by atoms with E-state index in [4.69, 9.17) is 0 Å². The molecule has 2 heterocycles. The normalized spacial score (nSPS) is 11.9. The predicted octanol–water partition coefficient (Wildman–Crippen LogP) is 3.19. The Hall–Kier alpha value is -3.46. The number of nitrogens with one attached hydrogen (secondary N) is 1. The van der Waals surface area contributed by atoms with Crippen LogP contribution in [0.5, 0.6) is 0 Å². The second kappa shape index (κ2) is 9.57. The molecule has 4 aromatic rings. The van der Waals surface area contributed by atoms with Crippen molar-refractivity contribution in [1.29, 1.82) is 0 Å². The standard InChI is InChI=1S/C22H23N7OS/c1-16(19-8-10-20(11-9-19)29-15-23-14-24-29)25-21(30)13-31-22-27-26-17(2)28(22)12-18-6-4-3-5-7-18/h3-11,14-16H,12-13H2,1-2H3,(H,25,30). The van der Waals surface area contributed by atoms with Crippen LogP contribution in [0.25, 0.3) is 5.69 Å². The molecule has 9 heteroatoms. The van der Waals surface area contributed by atoms with Crippen molar-refractivity contribution < 1.29 is 4.79 Å². The van der Waals surface area contributed by atoms with Gasteiger partial charge in [-0.2, -0.15) is 5.10 Å². The van der Waals surface area contributed by atoms with Crippen LogP contribution < -0.4 is 5.32 Å². The lowest BCUT2D eigenvalue weighted by atomic mass is 10.1. The Bertz CT molecular complexity index is 1120. The minimum Gasteiger partial charge on any atom is -0.349 e. The number of aryl methyl sites for hydroxylation is 1. The number of rotatable bonds is 8. The maximum Gasteiger partial charge on any atom is 0.230 e. The van der Waals surface area contributed by atoms with Gasteiger partial charge in [0, 0.05) is 0 Å². The minimum atomic E-state index is -0.109. The van der Waals surface area contributed by atoms with Crippen LogP contribution in [0.15, 0.2) is 72.4 Å². The summed E-state index contributed by atoms with van der Waals surface area (Å²) in [6, 6.07) is 17.9. The molecule has 2 aromatic heterocycles. The average molecular weight is 434 g/mol. The van der Waals surface area contributed by atoms with Gasteiger partial charge in [0.1, 0.15) is 18.5 Å². The van der Waals surface area contributed by atoms with Crippen LogP contribution in [0.2, 0.25) is 0 Å². The Balaban J connectivity index is 1.33. The molecule has 8 nitrogen and oxygen atoms in total. The average Bonchev–Trinajstić information content (AvgIpc) is 3.44. The summed E-state index contributed by atoms with van der Waals surface area (Å²) < 4.78 is 3.72. The Labute approximate surface area is 184 Å². The third-order valence-electron chi connectivity index (χ3n) is 4.87. The molecule has 0 radical (unpaired) electrons. The number of carbonyl (C=O) groups excluding carboxylic acids is 1. The Kier molecular flexibility index (Phi) is 6.42. The molecule has 1 N–H and O–H groups in total. The molecule has 1 amide bonds. The number of thioether (sulfide) groups is 1. The fourth-order valence-corrected chi connectivity index (χ4v) is 3.96. The summed E-state index contributed by atoms with van der Waals surface area (Å²) in [4.78, 5) is 16.5. The van der Waals surface area contributed by atoms with Gasteiger partial charge < -0.3 is 9.88 Å². The number of benzene rings is 2. The van der Waals surface area contributed by atoms with E-state index in [1.54, 1.807) is 11.0 Å². The van der Waals surface area contributed by atoms with Crippen LogP contribution in [-0.4, -0.2) is 41.2 Å². The van der Waals surface area contributed by atoms with E-state index in [2.05, 4.69) is 37.7 Å². The van der Waals surface area contributed by atoms with Crippen molar-refractivity contribution in [2.24, 2.45) is 0 Å². The first-order chi connectivity index (χ1) is 15.1. The van der Waals surface area contributed by atoms with E-state index < -0.39 is 0 Å². The zero-order valence-electron chi connectivity index (χ0n) is 17.3. The summed E-state index contributed by atoms with van der Waals surface area (Å²) in [7, 11) is 0. The van der Waals surface area contributed by atoms with Crippen molar-refractivity contribution in [1.82, 2.24) is 34.8 Å². The van der Waals surface area contributed by atoms with Gasteiger partial charge in [0.15, 0.2) is 5.16 Å². The summed E-state index contributed by atoms with van der Waals surface area (Å²) >= 11 is 1.39. The fourth-order valence-electron chi connectivity index (χ4n) is 3.17. The van der Waals surface area contributed by atoms with Crippen LogP contribution in [0.3, 0.4) is 0 Å². The van der Waals surface area contributed by atoms with E-state index in [0.29, 0.717) is 6.54 Å². The maximum absolute atomic E-state index is 12.5. The largest absolute Gasteiger partial charge is 0.349 e. The summed E-state index contributed by atoms with van der Waals surface area (Å²) in [5, 5.41) is 16.3. The molecule has 0 saturated carbocycles. The fraction of sp³-hybridized carbons (Fsp3) is 0.227. The molecule has 4 rings (SSSR count). The number of hydrogen-bond donors (Lipinski definition) is 1. The van der Waals surface area contributed by atoms with Gasteiger partial charge in [-0.1, -0.05) is 54.2 Å². The Morgan fingerprint density at radius 1 is 1.10 bits per heavy atom. The molecule has 0 spiro atoms. The van der Waals surface area contributed by atoms with Crippen molar-refractivity contribution in [3.63, 3.8) is 0 Å². The SMILES string of the molecule is Cc1nnc(SCC(=O)NC(C)c2ccc(-n3cncn3)cc2)n1Cc1ccccc1. The van der Waals surface area contributed by atoms with E-state index in [0.717, 1.165) is 22.2 Å². The highest BCUT2D eigenvalue weighted by Gasteiger charge is 2.14. The molecule has 1 unspecified atom stereocenters. The molecule has 0 bridgehead atoms. The van der Waals surface area contributed by atoms with E-state index in [-0.39, 0.29) is 17.7 Å². The van der Waals surface area contributed by atoms with Gasteiger partial charge >= 0.3 is 0 Å². The molecular weight excluding hydrogens is 410 g/mol. The van der Waals surface area contributed by atoms with Crippen LogP contribution in [0.4, 0.5) is 0 Å². The first-order valence-corrected chi connectivity index (χ1v) is 10.9. The van der Waals surface area contributed by atoms with Gasteiger partial charge in [-0.05, 0) is 37.1 Å². The molecule has 0 aliphatic rings. The quantitative estimate of drug-likeness (QED) is 0.429. The highest BCUT2D eigenvalue weighted by molar-refractivity contribution is 7.99. The lowest BCUT2D eigenvalue weighted by molar-refractivity contribution is -0.119. The highest BCUT2D eigenvalue weighted by atomic mass is 32.2. The Morgan fingerprint density at radius 2 is 1.87 bits per heavy atom. The number of amides is 1. The van der Waals surface area contributed by atoms with Crippen molar-refractivity contribution in [3.05, 3.63) is 84.2 Å². The van der Waals surface area contributed by atoms with E-state index in [9.17, 15) is 4.79 Å². The van der Waals surface area contributed by atoms with Crippen molar-refractivity contribution >= 4 is 17.7 Å². The molecule has 0 saturated heterocycles. The third kappa shape index (κ3) is 5.18. The number of aromatic nitrogens is 6. The Morgan fingerprint density at radius 3 is 2.58 bits per heavy atom. The van der Waals surface area contributed by atoms with Crippen LogP contribution in [0.1, 0.15) is 29.9 Å². The van der Waals surface area contributed by atoms with Gasteiger partial charge in [-0.3, -0.25) is 4.79 Å². The second-order valence-electron chi connectivity index (χ2n) is 7.11. The summed E-state index contributed by atoms with van der Waals surface area (Å²) in [5.74, 6) is 1.05. The lowest BCUT2D eigenvalue weighted by Crippen LogP contribution is -2.28. The zero-order chi connectivity index (χ0) is 21.6. The summed E-state index contributed by atoms with van der Waals surface area (Å²) in [6.07, 6.45) is 3.15. The molecule has 31 heavy (non-hydrogen) atoms. The van der Waals surface area contributed by atoms with Crippen molar-refractivity contribution in [3.8, 4) is 5.69 Å². The number of carbonyl (C=O) groups is 1. The first-order valence-electron chi connectivity index (χ1n) is 9.91. The van der Waals surface area contributed by atoms with Crippen LogP contribution in [0, 0.1) is 6.92 Å². The van der Waals surface area contributed by atoms with Gasteiger partial charge in [0.05, 0.1) is 24.0 Å². The van der Waals surface area contributed by atoms with Crippen LogP contribution in [-0.2, 0) is 11.3 Å². The number of nitrogens with zero attached hydrogens (tertiary/aromatic N) is 6. The number of hydrogen-bond acceptors (Lipinski definition) is 6. The van der Waals surface area contributed by atoms with Gasteiger partial charge in [0.25, 0.3) is 0 Å². The molecule has 2 aromatic carbocycles. The predicted molar refractivity (Wildman–Crippen MR) is 119 cm³/mol. The summed E-state index contributed by atoms with van der Waals surface area (Å²) in [6.45, 7) is 4.57. The maximum atomic E-state index is 12.5. The molecule has 0 aliphatic heterocycles. The molecule has 0 fully saturated rings. The summed E-state index contributed by atoms with van der Waals surface area (Å²) in [5.41, 5.74) is 3.11. The van der Waals surface area contributed by atoms with Gasteiger partial charge in [-0.15, -0.1) is 10.2 Å². The molecule has 1 atom stereocenters. The van der Waals surface area contributed by atoms with Crippen molar-refractivity contribution in [2.75, 3.05) is 5.75 Å². The third-order valence-corrected chi connectivity index (χ3v) is 5.84. The molecule has 158 valence electrons. The second-order valence-corrected chi connectivity index (χ2v) is 8.05.